The van der Waals surface area contributed by atoms with Gasteiger partial charge in [-0.15, -0.1) is 0 Å². The molecule has 2 aromatic rings. The van der Waals surface area contributed by atoms with Crippen molar-refractivity contribution in [3.8, 4) is 11.4 Å². The number of carboxylic acids is 1. The number of amides is 1. The molecule has 1 heterocycles. The monoisotopic (exact) mass is 381 g/mol. The van der Waals surface area contributed by atoms with Crippen molar-refractivity contribution < 1.29 is 14.7 Å². The van der Waals surface area contributed by atoms with Gasteiger partial charge in [0.15, 0.2) is 5.82 Å². The number of carbonyl (C=O) groups is 2. The minimum absolute atomic E-state index is 0.00571. The highest BCUT2D eigenvalue weighted by Gasteiger charge is 2.30. The number of hydrogen-bond acceptors (Lipinski definition) is 5. The molecule has 1 saturated carbocycles. The Balaban J connectivity index is 1.66. The first-order valence-electron chi connectivity index (χ1n) is 9.13. The quantitative estimate of drug-likeness (QED) is 0.537. The van der Waals surface area contributed by atoms with E-state index in [-0.39, 0.29) is 23.7 Å². The van der Waals surface area contributed by atoms with E-state index < -0.39 is 5.97 Å². The van der Waals surface area contributed by atoms with E-state index in [9.17, 15) is 9.59 Å². The van der Waals surface area contributed by atoms with Gasteiger partial charge in [0.1, 0.15) is 5.84 Å². The summed E-state index contributed by atoms with van der Waals surface area (Å²) >= 11 is 0. The summed E-state index contributed by atoms with van der Waals surface area (Å²) in [5.74, 6) is -0.758. The zero-order chi connectivity index (χ0) is 20.3. The average molecular weight is 381 g/mol. The second kappa shape index (κ2) is 8.16. The predicted octanol–water partition coefficient (Wildman–Crippen LogP) is 2.14. The Labute approximate surface area is 162 Å². The number of benzene rings is 1. The maximum atomic E-state index is 12.7. The van der Waals surface area contributed by atoms with Crippen molar-refractivity contribution in [2.75, 3.05) is 7.05 Å². The smallest absolute Gasteiger partial charge is 0.306 e. The fourth-order valence-electron chi connectivity index (χ4n) is 3.47. The minimum atomic E-state index is -0.757. The predicted molar refractivity (Wildman–Crippen MR) is 104 cm³/mol. The van der Waals surface area contributed by atoms with Gasteiger partial charge in [0.25, 0.3) is 5.91 Å². The highest BCUT2D eigenvalue weighted by molar-refractivity contribution is 5.95. The van der Waals surface area contributed by atoms with Crippen molar-refractivity contribution in [2.45, 2.75) is 31.7 Å². The van der Waals surface area contributed by atoms with E-state index in [1.807, 2.05) is 0 Å². The topological polar surface area (TPSA) is 133 Å². The zero-order valence-corrected chi connectivity index (χ0v) is 15.6. The molecule has 0 unspecified atom stereocenters. The highest BCUT2D eigenvalue weighted by atomic mass is 16.4. The van der Waals surface area contributed by atoms with Crippen LogP contribution in [0.3, 0.4) is 0 Å². The molecule has 146 valence electrons. The molecule has 1 aromatic carbocycles. The van der Waals surface area contributed by atoms with Gasteiger partial charge in [-0.25, -0.2) is 9.97 Å². The highest BCUT2D eigenvalue weighted by Crippen LogP contribution is 2.28. The van der Waals surface area contributed by atoms with E-state index >= 15 is 0 Å². The van der Waals surface area contributed by atoms with Crippen LogP contribution in [0.1, 0.15) is 41.6 Å². The number of rotatable bonds is 5. The van der Waals surface area contributed by atoms with Crippen molar-refractivity contribution >= 4 is 17.7 Å². The standard InChI is InChI=1S/C20H23N5O3/c1-25(16-8-6-14(7-9-16)20(27)28)19(26)15-10-23-18(24-11-15)13-4-2-12(3-5-13)17(21)22/h2-5,10-11,14,16H,6-9H2,1H3,(H3,21,22)(H,27,28)/t14-,16-. The zero-order valence-electron chi connectivity index (χ0n) is 15.6. The van der Waals surface area contributed by atoms with Crippen molar-refractivity contribution in [2.24, 2.45) is 11.7 Å². The molecule has 4 N–H and O–H groups in total. The molecule has 1 amide bonds. The van der Waals surface area contributed by atoms with Crippen LogP contribution in [0.5, 0.6) is 0 Å². The number of nitrogen functional groups attached to an aromatic ring is 1. The Morgan fingerprint density at radius 1 is 1.07 bits per heavy atom. The molecule has 0 atom stereocenters. The van der Waals surface area contributed by atoms with Crippen LogP contribution < -0.4 is 5.73 Å². The van der Waals surface area contributed by atoms with Gasteiger partial charge in [-0.3, -0.25) is 15.0 Å². The van der Waals surface area contributed by atoms with Crippen molar-refractivity contribution in [3.05, 3.63) is 47.8 Å². The lowest BCUT2D eigenvalue weighted by molar-refractivity contribution is -0.143. The summed E-state index contributed by atoms with van der Waals surface area (Å²) in [5, 5.41) is 16.5. The molecule has 1 aliphatic rings. The molecule has 1 aliphatic carbocycles. The Kier molecular flexibility index (Phi) is 5.67. The van der Waals surface area contributed by atoms with Crippen LogP contribution >= 0.6 is 0 Å². The van der Waals surface area contributed by atoms with Crippen molar-refractivity contribution in [1.29, 1.82) is 5.41 Å². The van der Waals surface area contributed by atoms with E-state index in [1.54, 1.807) is 36.2 Å². The van der Waals surface area contributed by atoms with E-state index in [0.717, 1.165) is 5.56 Å². The Morgan fingerprint density at radius 2 is 1.64 bits per heavy atom. The molecule has 8 nitrogen and oxygen atoms in total. The number of hydrogen-bond donors (Lipinski definition) is 3. The van der Waals surface area contributed by atoms with Crippen LogP contribution in [0.2, 0.25) is 0 Å². The largest absolute Gasteiger partial charge is 0.481 e. The number of aromatic nitrogens is 2. The first-order chi connectivity index (χ1) is 13.4. The van der Waals surface area contributed by atoms with E-state index in [0.29, 0.717) is 42.6 Å². The van der Waals surface area contributed by atoms with Gasteiger partial charge in [0.2, 0.25) is 0 Å². The minimum Gasteiger partial charge on any atom is -0.481 e. The van der Waals surface area contributed by atoms with Crippen LogP contribution in [0.25, 0.3) is 11.4 Å². The first-order valence-corrected chi connectivity index (χ1v) is 9.13. The summed E-state index contributed by atoms with van der Waals surface area (Å²) in [6.45, 7) is 0. The van der Waals surface area contributed by atoms with Crippen LogP contribution in [-0.4, -0.2) is 50.8 Å². The number of nitrogens with zero attached hydrogens (tertiary/aromatic N) is 3. The molecule has 1 aromatic heterocycles. The third-order valence-electron chi connectivity index (χ3n) is 5.27. The van der Waals surface area contributed by atoms with E-state index in [1.165, 1.54) is 12.4 Å². The van der Waals surface area contributed by atoms with Crippen LogP contribution in [0.15, 0.2) is 36.7 Å². The number of carboxylic acid groups (broad SMARTS) is 1. The summed E-state index contributed by atoms with van der Waals surface area (Å²) in [6, 6.07) is 7.03. The lowest BCUT2D eigenvalue weighted by atomic mass is 9.85. The molecule has 1 fully saturated rings. The molecule has 0 radical (unpaired) electrons. The summed E-state index contributed by atoms with van der Waals surface area (Å²) in [4.78, 5) is 34.0. The van der Waals surface area contributed by atoms with E-state index in [4.69, 9.17) is 16.2 Å². The average Bonchev–Trinajstić information content (AvgIpc) is 2.73. The maximum absolute atomic E-state index is 12.7. The number of carbonyl (C=O) groups excluding carboxylic acids is 1. The lowest BCUT2D eigenvalue weighted by Crippen LogP contribution is -2.40. The Bertz CT molecular complexity index is 872. The van der Waals surface area contributed by atoms with Crippen LogP contribution in [-0.2, 0) is 4.79 Å². The second-order valence-electron chi connectivity index (χ2n) is 7.05. The van der Waals surface area contributed by atoms with Gasteiger partial charge in [-0.1, -0.05) is 24.3 Å². The maximum Gasteiger partial charge on any atom is 0.306 e. The summed E-state index contributed by atoms with van der Waals surface area (Å²) in [7, 11) is 1.74. The van der Waals surface area contributed by atoms with Gasteiger partial charge in [-0.2, -0.15) is 0 Å². The van der Waals surface area contributed by atoms with E-state index in [2.05, 4.69) is 9.97 Å². The summed E-state index contributed by atoms with van der Waals surface area (Å²) < 4.78 is 0. The molecule has 3 rings (SSSR count). The molecule has 0 bridgehead atoms. The fourth-order valence-corrected chi connectivity index (χ4v) is 3.47. The van der Waals surface area contributed by atoms with Gasteiger partial charge < -0.3 is 15.7 Å². The summed E-state index contributed by atoms with van der Waals surface area (Å²) in [5.41, 5.74) is 7.23. The van der Waals surface area contributed by atoms with Gasteiger partial charge in [0, 0.05) is 36.6 Å². The number of nitrogens with one attached hydrogen (secondary N) is 1. The fraction of sp³-hybridized carbons (Fsp3) is 0.350. The van der Waals surface area contributed by atoms with Crippen LogP contribution in [0, 0.1) is 11.3 Å². The Morgan fingerprint density at radius 3 is 2.14 bits per heavy atom. The number of nitrogens with two attached hydrogens (primary N) is 1. The van der Waals surface area contributed by atoms with Crippen molar-refractivity contribution in [1.82, 2.24) is 14.9 Å². The third-order valence-corrected chi connectivity index (χ3v) is 5.27. The van der Waals surface area contributed by atoms with Crippen molar-refractivity contribution in [3.63, 3.8) is 0 Å². The summed E-state index contributed by atoms with van der Waals surface area (Å²) in [6.07, 6.45) is 5.54. The molecule has 28 heavy (non-hydrogen) atoms. The SMILES string of the molecule is CN(C(=O)c1cnc(-c2ccc(C(=N)N)cc2)nc1)[C@H]1CC[C@H](C(=O)O)CC1. The molecule has 0 spiro atoms. The molecule has 8 heteroatoms. The normalized spacial score (nSPS) is 19.0. The molecular weight excluding hydrogens is 358 g/mol. The first kappa shape index (κ1) is 19.5. The van der Waals surface area contributed by atoms with Crippen LogP contribution in [0.4, 0.5) is 0 Å². The third kappa shape index (κ3) is 4.16. The van der Waals surface area contributed by atoms with Gasteiger partial charge in [-0.05, 0) is 25.7 Å². The lowest BCUT2D eigenvalue weighted by Gasteiger charge is -2.33. The second-order valence-corrected chi connectivity index (χ2v) is 7.05. The number of aliphatic carboxylic acids is 1. The van der Waals surface area contributed by atoms with Gasteiger partial charge in [0.05, 0.1) is 11.5 Å². The Hall–Kier alpha value is -3.29. The number of amidine groups is 1. The van der Waals surface area contributed by atoms with Gasteiger partial charge >= 0.3 is 5.97 Å². The molecule has 0 saturated heterocycles. The molecule has 0 aliphatic heterocycles. The molecular formula is C20H23N5O3.